The summed E-state index contributed by atoms with van der Waals surface area (Å²) in [7, 11) is 3.32. The molecule has 1 aromatic carbocycles. The number of aromatic nitrogens is 1. The maximum absolute atomic E-state index is 12.7. The molecule has 2 aliphatic rings. The topological polar surface area (TPSA) is 101 Å². The number of benzene rings is 1. The van der Waals surface area contributed by atoms with Gasteiger partial charge >= 0.3 is 0 Å². The zero-order valence-corrected chi connectivity index (χ0v) is 17.0. The molecular formula is C19H20N4O5S. The lowest BCUT2D eigenvalue weighted by Gasteiger charge is -2.17. The van der Waals surface area contributed by atoms with Gasteiger partial charge < -0.3 is 24.6 Å². The van der Waals surface area contributed by atoms with Crippen LogP contribution >= 0.6 is 11.3 Å². The molecule has 0 bridgehead atoms. The van der Waals surface area contributed by atoms with Gasteiger partial charge in [0.2, 0.25) is 18.6 Å². The molecule has 0 radical (unpaired) electrons. The van der Waals surface area contributed by atoms with E-state index in [9.17, 15) is 14.4 Å². The van der Waals surface area contributed by atoms with Crippen molar-refractivity contribution in [3.63, 3.8) is 0 Å². The highest BCUT2D eigenvalue weighted by Crippen LogP contribution is 2.37. The van der Waals surface area contributed by atoms with Crippen molar-refractivity contribution >= 4 is 39.9 Å². The van der Waals surface area contributed by atoms with Crippen LogP contribution in [0.2, 0.25) is 0 Å². The van der Waals surface area contributed by atoms with Gasteiger partial charge in [-0.3, -0.25) is 14.4 Å². The largest absolute Gasteiger partial charge is 0.454 e. The minimum atomic E-state index is -0.509. The number of hydrogen-bond donors (Lipinski definition) is 1. The van der Waals surface area contributed by atoms with E-state index in [-0.39, 0.29) is 37.5 Å². The summed E-state index contributed by atoms with van der Waals surface area (Å²) in [5.74, 6) is 0.120. The first-order chi connectivity index (χ1) is 13.8. The fourth-order valence-corrected chi connectivity index (χ4v) is 4.24. The molecule has 1 saturated heterocycles. The summed E-state index contributed by atoms with van der Waals surface area (Å²) in [5.41, 5.74) is 1.23. The van der Waals surface area contributed by atoms with Crippen LogP contribution in [0, 0.1) is 12.8 Å². The third kappa shape index (κ3) is 3.63. The number of carbonyl (C=O) groups excluding carboxylic acids is 3. The smallest absolute Gasteiger partial charge is 0.265 e. The van der Waals surface area contributed by atoms with E-state index in [2.05, 4.69) is 10.3 Å². The zero-order chi connectivity index (χ0) is 20.7. The number of fused-ring (bicyclic) bond motifs is 1. The molecule has 4 rings (SSSR count). The summed E-state index contributed by atoms with van der Waals surface area (Å²) >= 11 is 1.13. The first-order valence-electron chi connectivity index (χ1n) is 9.03. The van der Waals surface area contributed by atoms with E-state index in [0.717, 1.165) is 11.3 Å². The molecule has 3 heterocycles. The highest BCUT2D eigenvalue weighted by atomic mass is 32.1. The van der Waals surface area contributed by atoms with Crippen LogP contribution in [0.3, 0.4) is 0 Å². The van der Waals surface area contributed by atoms with E-state index in [1.165, 1.54) is 4.90 Å². The number of nitrogens with one attached hydrogen (secondary N) is 1. The first kappa shape index (κ1) is 19.2. The van der Waals surface area contributed by atoms with Crippen LogP contribution in [0.15, 0.2) is 18.2 Å². The number of aryl methyl sites for hydroxylation is 1. The van der Waals surface area contributed by atoms with Gasteiger partial charge in [0.1, 0.15) is 4.88 Å². The Morgan fingerprint density at radius 1 is 1.28 bits per heavy atom. The lowest BCUT2D eigenvalue weighted by molar-refractivity contribution is -0.122. The highest BCUT2D eigenvalue weighted by molar-refractivity contribution is 7.17. The third-order valence-corrected chi connectivity index (χ3v) is 5.85. The van der Waals surface area contributed by atoms with Crippen molar-refractivity contribution < 1.29 is 23.9 Å². The molecule has 0 spiro atoms. The van der Waals surface area contributed by atoms with Gasteiger partial charge in [0.15, 0.2) is 16.6 Å². The van der Waals surface area contributed by atoms with Crippen molar-refractivity contribution in [3.8, 4) is 11.5 Å². The summed E-state index contributed by atoms with van der Waals surface area (Å²) in [6.07, 6.45) is 0.105. The first-order valence-corrected chi connectivity index (χ1v) is 9.85. The number of amides is 3. The Morgan fingerprint density at radius 2 is 2.03 bits per heavy atom. The molecule has 1 N–H and O–H groups in total. The summed E-state index contributed by atoms with van der Waals surface area (Å²) in [6, 6.07) is 5.26. The Kier molecular flexibility index (Phi) is 4.87. The minimum Gasteiger partial charge on any atom is -0.454 e. The van der Waals surface area contributed by atoms with E-state index in [1.54, 1.807) is 44.1 Å². The number of carbonyl (C=O) groups is 3. The van der Waals surface area contributed by atoms with Gasteiger partial charge in [-0.1, -0.05) is 11.3 Å². The van der Waals surface area contributed by atoms with E-state index in [1.807, 2.05) is 0 Å². The average Bonchev–Trinajstić information content (AvgIpc) is 3.38. The van der Waals surface area contributed by atoms with E-state index in [0.29, 0.717) is 32.9 Å². The number of hydrogen-bond acceptors (Lipinski definition) is 7. The second-order valence-corrected chi connectivity index (χ2v) is 8.06. The summed E-state index contributed by atoms with van der Waals surface area (Å²) in [4.78, 5) is 45.1. The number of nitrogens with zero attached hydrogens (tertiary/aromatic N) is 3. The Balaban J connectivity index is 1.45. The maximum Gasteiger partial charge on any atom is 0.265 e. The van der Waals surface area contributed by atoms with Gasteiger partial charge in [-0.25, -0.2) is 4.98 Å². The predicted molar refractivity (Wildman–Crippen MR) is 107 cm³/mol. The summed E-state index contributed by atoms with van der Waals surface area (Å²) in [6.45, 7) is 2.14. The Bertz CT molecular complexity index is 1000. The number of rotatable bonds is 4. The molecule has 2 aliphatic heterocycles. The number of ether oxygens (including phenoxy) is 2. The van der Waals surface area contributed by atoms with Crippen LogP contribution in [-0.2, 0) is 9.59 Å². The number of anilines is 2. The number of thiazole rings is 1. The van der Waals surface area contributed by atoms with Gasteiger partial charge in [-0.2, -0.15) is 0 Å². The van der Waals surface area contributed by atoms with Crippen molar-refractivity contribution in [2.45, 2.75) is 13.3 Å². The van der Waals surface area contributed by atoms with Gasteiger partial charge in [-0.15, -0.1) is 0 Å². The molecule has 1 atom stereocenters. The maximum atomic E-state index is 12.7. The van der Waals surface area contributed by atoms with Crippen LogP contribution in [-0.4, -0.2) is 55.0 Å². The molecule has 29 heavy (non-hydrogen) atoms. The van der Waals surface area contributed by atoms with E-state index < -0.39 is 5.92 Å². The van der Waals surface area contributed by atoms with Gasteiger partial charge in [0, 0.05) is 38.8 Å². The third-order valence-electron chi connectivity index (χ3n) is 4.79. The highest BCUT2D eigenvalue weighted by Gasteiger charge is 2.36. The van der Waals surface area contributed by atoms with Crippen LogP contribution < -0.4 is 19.7 Å². The minimum absolute atomic E-state index is 0.105. The molecule has 10 heteroatoms. The zero-order valence-electron chi connectivity index (χ0n) is 16.2. The molecule has 1 unspecified atom stereocenters. The molecule has 0 saturated carbocycles. The fourth-order valence-electron chi connectivity index (χ4n) is 3.24. The predicted octanol–water partition coefficient (Wildman–Crippen LogP) is 1.87. The molecular weight excluding hydrogens is 396 g/mol. The van der Waals surface area contributed by atoms with Crippen molar-refractivity contribution in [1.82, 2.24) is 9.88 Å². The van der Waals surface area contributed by atoms with Crippen molar-refractivity contribution in [1.29, 1.82) is 0 Å². The van der Waals surface area contributed by atoms with Crippen molar-refractivity contribution in [2.75, 3.05) is 37.6 Å². The lowest BCUT2D eigenvalue weighted by Crippen LogP contribution is -2.28. The van der Waals surface area contributed by atoms with Crippen molar-refractivity contribution in [2.24, 2.45) is 5.92 Å². The van der Waals surface area contributed by atoms with Crippen LogP contribution in [0.5, 0.6) is 11.5 Å². The van der Waals surface area contributed by atoms with Crippen LogP contribution in [0.4, 0.5) is 10.8 Å². The molecule has 1 fully saturated rings. The Hall–Kier alpha value is -3.14. The molecule has 0 aliphatic carbocycles. The van der Waals surface area contributed by atoms with E-state index >= 15 is 0 Å². The molecule has 2 aromatic rings. The monoisotopic (exact) mass is 416 g/mol. The second-order valence-electron chi connectivity index (χ2n) is 7.07. The standard InChI is InChI=1S/C19H20N4O5S/c1-10-16(18(26)22(2)3)29-19(20-10)21-17(25)11-6-15(24)23(8-11)12-4-5-13-14(7-12)28-9-27-13/h4-5,7,11H,6,8-9H2,1-3H3,(H,20,21,25). The average molecular weight is 416 g/mol. The normalized spacial score (nSPS) is 17.6. The van der Waals surface area contributed by atoms with Gasteiger partial charge in [0.25, 0.3) is 5.91 Å². The van der Waals surface area contributed by atoms with Gasteiger partial charge in [-0.05, 0) is 19.1 Å². The van der Waals surface area contributed by atoms with Gasteiger partial charge in [0.05, 0.1) is 11.6 Å². The van der Waals surface area contributed by atoms with Crippen LogP contribution in [0.25, 0.3) is 0 Å². The molecule has 3 amide bonds. The second kappa shape index (κ2) is 7.36. The molecule has 1 aromatic heterocycles. The summed E-state index contributed by atoms with van der Waals surface area (Å²) in [5, 5.41) is 3.10. The lowest BCUT2D eigenvalue weighted by atomic mass is 10.1. The quantitative estimate of drug-likeness (QED) is 0.817. The molecule has 9 nitrogen and oxygen atoms in total. The SMILES string of the molecule is Cc1nc(NC(=O)C2CC(=O)N(c3ccc4c(c3)OCO4)C2)sc1C(=O)N(C)C. The summed E-state index contributed by atoms with van der Waals surface area (Å²) < 4.78 is 10.6. The Labute approximate surface area is 171 Å². The molecule has 152 valence electrons. The Morgan fingerprint density at radius 3 is 2.79 bits per heavy atom. The van der Waals surface area contributed by atoms with Crippen LogP contribution in [0.1, 0.15) is 21.8 Å². The van der Waals surface area contributed by atoms with Crippen molar-refractivity contribution in [3.05, 3.63) is 28.8 Å². The fraction of sp³-hybridized carbons (Fsp3) is 0.368. The van der Waals surface area contributed by atoms with E-state index in [4.69, 9.17) is 9.47 Å².